The predicted octanol–water partition coefficient (Wildman–Crippen LogP) is 2.40. The van der Waals surface area contributed by atoms with Crippen molar-refractivity contribution in [2.75, 3.05) is 13.2 Å². The standard InChI is InChI=1S/C19H26N2O3/c1-13-9-15(10-13)19(22)21-7-8-23-17-5-4-16(21)18(17)24-12-14-3-2-6-20-11-14/h2-3,6,11,13,15-18H,4-5,7-10,12H2,1H3/t13?,15?,16-,17-,18+/m0/s1. The minimum absolute atomic E-state index is 0.0193. The van der Waals surface area contributed by atoms with Gasteiger partial charge in [-0.1, -0.05) is 13.0 Å². The first-order valence-electron chi connectivity index (χ1n) is 9.15. The van der Waals surface area contributed by atoms with Gasteiger partial charge in [0.15, 0.2) is 0 Å². The van der Waals surface area contributed by atoms with Crippen molar-refractivity contribution in [3.8, 4) is 0 Å². The minimum atomic E-state index is -0.0193. The molecule has 5 heteroatoms. The van der Waals surface area contributed by atoms with Gasteiger partial charge in [0.1, 0.15) is 6.10 Å². The molecule has 1 saturated heterocycles. The van der Waals surface area contributed by atoms with E-state index in [1.807, 2.05) is 18.3 Å². The molecule has 0 radical (unpaired) electrons. The molecular weight excluding hydrogens is 304 g/mol. The first-order chi connectivity index (χ1) is 11.7. The number of nitrogens with zero attached hydrogens (tertiary/aromatic N) is 2. The summed E-state index contributed by atoms with van der Waals surface area (Å²) in [6.45, 7) is 4.08. The van der Waals surface area contributed by atoms with E-state index in [0.717, 1.165) is 31.2 Å². The lowest BCUT2D eigenvalue weighted by molar-refractivity contribution is -0.144. The Labute approximate surface area is 143 Å². The maximum absolute atomic E-state index is 12.9. The van der Waals surface area contributed by atoms with Crippen molar-refractivity contribution >= 4 is 5.91 Å². The highest BCUT2D eigenvalue weighted by Crippen LogP contribution is 2.38. The summed E-state index contributed by atoms with van der Waals surface area (Å²) < 4.78 is 12.2. The summed E-state index contributed by atoms with van der Waals surface area (Å²) >= 11 is 0. The Morgan fingerprint density at radius 2 is 2.29 bits per heavy atom. The third kappa shape index (κ3) is 3.07. The SMILES string of the molecule is CC1CC(C(=O)N2CCO[C@H]3CC[C@H]2[C@H]3OCc2cccnc2)C1. The Balaban J connectivity index is 1.44. The number of hydrogen-bond donors (Lipinski definition) is 0. The van der Waals surface area contributed by atoms with Crippen molar-refractivity contribution in [1.29, 1.82) is 0 Å². The third-order valence-electron chi connectivity index (χ3n) is 5.73. The molecule has 0 aromatic carbocycles. The molecule has 2 heterocycles. The minimum Gasteiger partial charge on any atom is -0.374 e. The van der Waals surface area contributed by atoms with E-state index in [2.05, 4.69) is 16.8 Å². The molecular formula is C19H26N2O3. The van der Waals surface area contributed by atoms with E-state index in [9.17, 15) is 4.79 Å². The number of ether oxygens (including phenoxy) is 2. The zero-order chi connectivity index (χ0) is 16.5. The highest BCUT2D eigenvalue weighted by Gasteiger charge is 2.46. The van der Waals surface area contributed by atoms with Crippen LogP contribution in [0.2, 0.25) is 0 Å². The summed E-state index contributed by atoms with van der Waals surface area (Å²) in [7, 11) is 0. The fourth-order valence-electron chi connectivity index (χ4n) is 4.40. The average molecular weight is 330 g/mol. The number of carbonyl (C=O) groups is 1. The fraction of sp³-hybridized carbons (Fsp3) is 0.684. The van der Waals surface area contributed by atoms with Gasteiger partial charge in [0.2, 0.25) is 5.91 Å². The number of fused-ring (bicyclic) bond motifs is 2. The fourth-order valence-corrected chi connectivity index (χ4v) is 4.40. The van der Waals surface area contributed by atoms with E-state index in [0.29, 0.717) is 31.6 Å². The van der Waals surface area contributed by atoms with Gasteiger partial charge in [-0.25, -0.2) is 0 Å². The van der Waals surface area contributed by atoms with Crippen molar-refractivity contribution in [2.45, 2.75) is 57.5 Å². The Hall–Kier alpha value is -1.46. The number of aromatic nitrogens is 1. The highest BCUT2D eigenvalue weighted by molar-refractivity contribution is 5.80. The second-order valence-electron chi connectivity index (χ2n) is 7.50. The average Bonchev–Trinajstić information content (AvgIpc) is 2.86. The second kappa shape index (κ2) is 6.81. The Kier molecular flexibility index (Phi) is 4.55. The van der Waals surface area contributed by atoms with E-state index in [1.165, 1.54) is 0 Å². The molecule has 1 aromatic rings. The molecule has 0 N–H and O–H groups in total. The lowest BCUT2D eigenvalue weighted by atomic mass is 9.75. The molecule has 1 aliphatic heterocycles. The molecule has 2 aliphatic carbocycles. The Bertz CT molecular complexity index is 573. The summed E-state index contributed by atoms with van der Waals surface area (Å²) in [4.78, 5) is 19.1. The highest BCUT2D eigenvalue weighted by atomic mass is 16.5. The first kappa shape index (κ1) is 16.0. The molecule has 1 amide bonds. The first-order valence-corrected chi connectivity index (χ1v) is 9.15. The van der Waals surface area contributed by atoms with E-state index in [-0.39, 0.29) is 24.2 Å². The van der Waals surface area contributed by atoms with Gasteiger partial charge in [0.25, 0.3) is 0 Å². The van der Waals surface area contributed by atoms with E-state index >= 15 is 0 Å². The summed E-state index contributed by atoms with van der Waals surface area (Å²) in [5, 5.41) is 0. The number of carbonyl (C=O) groups excluding carboxylic acids is 1. The molecule has 2 bridgehead atoms. The van der Waals surface area contributed by atoms with Gasteiger partial charge in [-0.3, -0.25) is 9.78 Å². The van der Waals surface area contributed by atoms with Crippen molar-refractivity contribution in [2.24, 2.45) is 11.8 Å². The molecule has 5 nitrogen and oxygen atoms in total. The van der Waals surface area contributed by atoms with Crippen molar-refractivity contribution in [3.63, 3.8) is 0 Å². The lowest BCUT2D eigenvalue weighted by Gasteiger charge is -2.39. The van der Waals surface area contributed by atoms with Crippen LogP contribution in [-0.4, -0.2) is 47.2 Å². The van der Waals surface area contributed by atoms with Crippen LogP contribution in [0.25, 0.3) is 0 Å². The van der Waals surface area contributed by atoms with Crippen LogP contribution in [0.5, 0.6) is 0 Å². The van der Waals surface area contributed by atoms with Crippen molar-refractivity contribution in [1.82, 2.24) is 9.88 Å². The smallest absolute Gasteiger partial charge is 0.226 e. The Morgan fingerprint density at radius 3 is 3.04 bits per heavy atom. The van der Waals surface area contributed by atoms with E-state index in [4.69, 9.17) is 9.47 Å². The molecule has 0 unspecified atom stereocenters. The zero-order valence-electron chi connectivity index (χ0n) is 14.3. The maximum atomic E-state index is 12.9. The monoisotopic (exact) mass is 330 g/mol. The van der Waals surface area contributed by atoms with Crippen LogP contribution in [-0.2, 0) is 20.9 Å². The number of amides is 1. The molecule has 1 aromatic heterocycles. The molecule has 130 valence electrons. The van der Waals surface area contributed by atoms with Gasteiger partial charge in [-0.05, 0) is 43.2 Å². The van der Waals surface area contributed by atoms with Gasteiger partial charge in [-0.2, -0.15) is 0 Å². The molecule has 0 spiro atoms. The van der Waals surface area contributed by atoms with Crippen LogP contribution in [0.3, 0.4) is 0 Å². The molecule has 4 rings (SSSR count). The predicted molar refractivity (Wildman–Crippen MR) is 89.2 cm³/mol. The van der Waals surface area contributed by atoms with Crippen LogP contribution >= 0.6 is 0 Å². The zero-order valence-corrected chi connectivity index (χ0v) is 14.3. The molecule has 3 aliphatic rings. The van der Waals surface area contributed by atoms with Crippen LogP contribution in [0.1, 0.15) is 38.2 Å². The lowest BCUT2D eigenvalue weighted by Crippen LogP contribution is -2.50. The molecule has 24 heavy (non-hydrogen) atoms. The van der Waals surface area contributed by atoms with Crippen LogP contribution in [0.15, 0.2) is 24.5 Å². The Morgan fingerprint density at radius 1 is 1.42 bits per heavy atom. The number of rotatable bonds is 4. The van der Waals surface area contributed by atoms with Gasteiger partial charge in [0.05, 0.1) is 25.4 Å². The van der Waals surface area contributed by atoms with E-state index < -0.39 is 0 Å². The second-order valence-corrected chi connectivity index (χ2v) is 7.50. The van der Waals surface area contributed by atoms with Crippen LogP contribution in [0, 0.1) is 11.8 Å². The number of hydrogen-bond acceptors (Lipinski definition) is 4. The van der Waals surface area contributed by atoms with Crippen molar-refractivity contribution in [3.05, 3.63) is 30.1 Å². The third-order valence-corrected chi connectivity index (χ3v) is 5.73. The van der Waals surface area contributed by atoms with Gasteiger partial charge < -0.3 is 14.4 Å². The van der Waals surface area contributed by atoms with Gasteiger partial charge in [0, 0.05) is 24.9 Å². The quantitative estimate of drug-likeness (QED) is 0.851. The van der Waals surface area contributed by atoms with Crippen molar-refractivity contribution < 1.29 is 14.3 Å². The van der Waals surface area contributed by atoms with E-state index in [1.54, 1.807) is 6.20 Å². The normalized spacial score (nSPS) is 35.4. The summed E-state index contributed by atoms with van der Waals surface area (Å²) in [5.41, 5.74) is 1.06. The molecule has 2 saturated carbocycles. The van der Waals surface area contributed by atoms with Gasteiger partial charge in [-0.15, -0.1) is 0 Å². The topological polar surface area (TPSA) is 51.7 Å². The van der Waals surface area contributed by atoms with Crippen LogP contribution < -0.4 is 0 Å². The summed E-state index contributed by atoms with van der Waals surface area (Å²) in [6.07, 6.45) is 7.73. The summed E-state index contributed by atoms with van der Waals surface area (Å²) in [6, 6.07) is 4.10. The summed E-state index contributed by atoms with van der Waals surface area (Å²) in [5.74, 6) is 1.23. The van der Waals surface area contributed by atoms with Crippen LogP contribution in [0.4, 0.5) is 0 Å². The van der Waals surface area contributed by atoms with Gasteiger partial charge >= 0.3 is 0 Å². The molecule has 3 atom stereocenters. The molecule has 3 fully saturated rings. The maximum Gasteiger partial charge on any atom is 0.226 e. The largest absolute Gasteiger partial charge is 0.374 e. The number of pyridine rings is 1.